The Balaban J connectivity index is 1.22. The molecule has 0 aliphatic carbocycles. The lowest BCUT2D eigenvalue weighted by molar-refractivity contribution is 0.733. The van der Waals surface area contributed by atoms with Crippen LogP contribution in [-0.4, -0.2) is 4.57 Å². The van der Waals surface area contributed by atoms with Gasteiger partial charge in [-0.05, 0) is 122 Å². The van der Waals surface area contributed by atoms with Crippen molar-refractivity contribution in [3.63, 3.8) is 0 Å². The van der Waals surface area contributed by atoms with Gasteiger partial charge in [0.15, 0.2) is 0 Å². The minimum absolute atomic E-state index is 0.543. The Morgan fingerprint density at radius 2 is 1.04 bits per heavy atom. The number of fused-ring (bicyclic) bond motifs is 3. The predicted octanol–water partition coefficient (Wildman–Crippen LogP) is 14.0. The molecule has 2 nitrogen and oxygen atoms in total. The van der Waals surface area contributed by atoms with Crippen molar-refractivity contribution in [2.24, 2.45) is 0 Å². The standard InChI is InChI=1S/C49H44N2/c1-6-36(5)37-16-25-41(26-17-37)50(40-21-11-33(2)12-22-40)42-27-18-38(19-28-42)44-29-15-35(4)31-47(44)39-20-30-46-45-9-7-8-10-48(45)51(49(46)32-39)43-23-13-34(3)14-24-43/h7-32,36H,6H2,1-5H3. The second kappa shape index (κ2) is 13.5. The maximum atomic E-state index is 2.41. The zero-order valence-corrected chi connectivity index (χ0v) is 30.2. The summed E-state index contributed by atoms with van der Waals surface area (Å²) in [5.41, 5.74) is 17.1. The molecule has 0 fully saturated rings. The van der Waals surface area contributed by atoms with E-state index in [0.29, 0.717) is 5.92 Å². The molecule has 0 bridgehead atoms. The van der Waals surface area contributed by atoms with E-state index >= 15 is 0 Å². The van der Waals surface area contributed by atoms with Crippen LogP contribution in [0.25, 0.3) is 49.7 Å². The van der Waals surface area contributed by atoms with Crippen LogP contribution in [0.1, 0.15) is 48.4 Å². The number of aromatic nitrogens is 1. The molecule has 0 saturated carbocycles. The van der Waals surface area contributed by atoms with Crippen LogP contribution in [0.15, 0.2) is 158 Å². The zero-order chi connectivity index (χ0) is 35.1. The average molecular weight is 661 g/mol. The summed E-state index contributed by atoms with van der Waals surface area (Å²) in [6, 6.07) is 58.4. The quantitative estimate of drug-likeness (QED) is 0.157. The summed E-state index contributed by atoms with van der Waals surface area (Å²) in [7, 11) is 0. The highest BCUT2D eigenvalue weighted by atomic mass is 15.1. The highest BCUT2D eigenvalue weighted by Gasteiger charge is 2.17. The Kier molecular flexibility index (Phi) is 8.53. The number of aryl methyl sites for hydroxylation is 3. The fraction of sp³-hybridized carbons (Fsp3) is 0.143. The van der Waals surface area contributed by atoms with Gasteiger partial charge >= 0.3 is 0 Å². The minimum Gasteiger partial charge on any atom is -0.311 e. The van der Waals surface area contributed by atoms with E-state index in [1.807, 2.05) is 0 Å². The first kappa shape index (κ1) is 32.4. The molecule has 1 atom stereocenters. The molecule has 0 aliphatic rings. The predicted molar refractivity (Wildman–Crippen MR) is 219 cm³/mol. The monoisotopic (exact) mass is 660 g/mol. The van der Waals surface area contributed by atoms with Crippen molar-refractivity contribution in [1.82, 2.24) is 4.57 Å². The summed E-state index contributed by atoms with van der Waals surface area (Å²) in [6.45, 7) is 11.0. The van der Waals surface area contributed by atoms with E-state index in [4.69, 9.17) is 0 Å². The molecule has 0 amide bonds. The van der Waals surface area contributed by atoms with Crippen LogP contribution < -0.4 is 4.90 Å². The second-order valence-corrected chi connectivity index (χ2v) is 14.1. The number of hydrogen-bond donors (Lipinski definition) is 0. The number of para-hydroxylation sites is 1. The fourth-order valence-electron chi connectivity index (χ4n) is 7.38. The summed E-state index contributed by atoms with van der Waals surface area (Å²) >= 11 is 0. The Morgan fingerprint density at radius 1 is 0.490 bits per heavy atom. The SMILES string of the molecule is CCC(C)c1ccc(N(c2ccc(C)cc2)c2ccc(-c3ccc(C)cc3-c3ccc4c5ccccc5n(-c5ccc(C)cc5)c4c3)cc2)cc1. The molecule has 0 spiro atoms. The Morgan fingerprint density at radius 3 is 1.71 bits per heavy atom. The van der Waals surface area contributed by atoms with Crippen LogP contribution in [0.4, 0.5) is 17.1 Å². The van der Waals surface area contributed by atoms with Gasteiger partial charge in [-0.2, -0.15) is 0 Å². The van der Waals surface area contributed by atoms with Crippen LogP contribution in [0.2, 0.25) is 0 Å². The molecule has 2 heteroatoms. The zero-order valence-electron chi connectivity index (χ0n) is 30.2. The number of benzene rings is 7. The molecule has 51 heavy (non-hydrogen) atoms. The normalized spacial score (nSPS) is 12.0. The van der Waals surface area contributed by atoms with Gasteiger partial charge in [0.2, 0.25) is 0 Å². The minimum atomic E-state index is 0.543. The molecule has 250 valence electrons. The van der Waals surface area contributed by atoms with Gasteiger partial charge in [-0.1, -0.05) is 128 Å². The molecule has 1 heterocycles. The van der Waals surface area contributed by atoms with Crippen molar-refractivity contribution < 1.29 is 0 Å². The summed E-state index contributed by atoms with van der Waals surface area (Å²) in [5.74, 6) is 0.543. The summed E-state index contributed by atoms with van der Waals surface area (Å²) in [4.78, 5) is 2.36. The van der Waals surface area contributed by atoms with Crippen LogP contribution in [-0.2, 0) is 0 Å². The Labute approximate surface area is 302 Å². The lowest BCUT2D eigenvalue weighted by Gasteiger charge is -2.26. The first-order valence-corrected chi connectivity index (χ1v) is 18.2. The third-order valence-corrected chi connectivity index (χ3v) is 10.5. The van der Waals surface area contributed by atoms with Gasteiger partial charge in [-0.3, -0.25) is 0 Å². The molecule has 0 saturated heterocycles. The molecular formula is C49H44N2. The van der Waals surface area contributed by atoms with E-state index in [2.05, 4.69) is 202 Å². The van der Waals surface area contributed by atoms with Gasteiger partial charge in [0, 0.05) is 33.5 Å². The molecular weight excluding hydrogens is 617 g/mol. The fourth-order valence-corrected chi connectivity index (χ4v) is 7.38. The van der Waals surface area contributed by atoms with E-state index in [0.717, 1.165) is 23.5 Å². The Bertz CT molecular complexity index is 2460. The lowest BCUT2D eigenvalue weighted by Crippen LogP contribution is -2.10. The maximum absolute atomic E-state index is 2.41. The van der Waals surface area contributed by atoms with Gasteiger partial charge < -0.3 is 9.47 Å². The van der Waals surface area contributed by atoms with E-state index in [-0.39, 0.29) is 0 Å². The second-order valence-electron chi connectivity index (χ2n) is 14.1. The van der Waals surface area contributed by atoms with Crippen LogP contribution >= 0.6 is 0 Å². The highest BCUT2D eigenvalue weighted by molar-refractivity contribution is 6.10. The molecule has 7 aromatic carbocycles. The van der Waals surface area contributed by atoms with Crippen molar-refractivity contribution in [2.75, 3.05) is 4.90 Å². The highest BCUT2D eigenvalue weighted by Crippen LogP contribution is 2.40. The van der Waals surface area contributed by atoms with E-state index in [9.17, 15) is 0 Å². The van der Waals surface area contributed by atoms with Crippen LogP contribution in [0.3, 0.4) is 0 Å². The molecule has 8 rings (SSSR count). The molecule has 8 aromatic rings. The van der Waals surface area contributed by atoms with Gasteiger partial charge in [-0.15, -0.1) is 0 Å². The molecule has 0 aliphatic heterocycles. The number of anilines is 3. The van der Waals surface area contributed by atoms with Crippen LogP contribution in [0, 0.1) is 20.8 Å². The first-order valence-electron chi connectivity index (χ1n) is 18.2. The number of hydrogen-bond acceptors (Lipinski definition) is 1. The maximum Gasteiger partial charge on any atom is 0.0547 e. The summed E-state index contributed by atoms with van der Waals surface area (Å²) in [6.07, 6.45) is 1.13. The molecule has 1 unspecified atom stereocenters. The third kappa shape index (κ3) is 6.12. The molecule has 0 N–H and O–H groups in total. The first-order chi connectivity index (χ1) is 24.9. The smallest absolute Gasteiger partial charge is 0.0547 e. The van der Waals surface area contributed by atoms with Gasteiger partial charge in [0.1, 0.15) is 0 Å². The van der Waals surface area contributed by atoms with Crippen molar-refractivity contribution in [2.45, 2.75) is 47.0 Å². The molecule has 1 aromatic heterocycles. The van der Waals surface area contributed by atoms with Crippen molar-refractivity contribution in [3.05, 3.63) is 180 Å². The molecule has 0 radical (unpaired) electrons. The topological polar surface area (TPSA) is 8.17 Å². The number of nitrogens with zero attached hydrogens (tertiary/aromatic N) is 2. The third-order valence-electron chi connectivity index (χ3n) is 10.5. The van der Waals surface area contributed by atoms with Crippen LogP contribution in [0.5, 0.6) is 0 Å². The number of rotatable bonds is 8. The van der Waals surface area contributed by atoms with Gasteiger partial charge in [-0.25, -0.2) is 0 Å². The largest absolute Gasteiger partial charge is 0.311 e. The van der Waals surface area contributed by atoms with E-state index < -0.39 is 0 Å². The van der Waals surface area contributed by atoms with Crippen molar-refractivity contribution in [1.29, 1.82) is 0 Å². The van der Waals surface area contributed by atoms with Gasteiger partial charge in [0.05, 0.1) is 11.0 Å². The summed E-state index contributed by atoms with van der Waals surface area (Å²) < 4.78 is 2.41. The Hall–Kier alpha value is -5.86. The van der Waals surface area contributed by atoms with Crippen molar-refractivity contribution >= 4 is 38.9 Å². The average Bonchev–Trinajstić information content (AvgIpc) is 3.50. The lowest BCUT2D eigenvalue weighted by atomic mass is 9.92. The van der Waals surface area contributed by atoms with Crippen molar-refractivity contribution in [3.8, 4) is 27.9 Å². The van der Waals surface area contributed by atoms with E-state index in [1.54, 1.807) is 0 Å². The van der Waals surface area contributed by atoms with E-state index in [1.165, 1.54) is 72.0 Å². The van der Waals surface area contributed by atoms with Gasteiger partial charge in [0.25, 0.3) is 0 Å². The summed E-state index contributed by atoms with van der Waals surface area (Å²) in [5, 5.41) is 2.54.